The molecule has 0 bridgehead atoms. The summed E-state index contributed by atoms with van der Waals surface area (Å²) in [6, 6.07) is 6.33. The molecule has 18 heavy (non-hydrogen) atoms. The first-order chi connectivity index (χ1) is 8.28. The summed E-state index contributed by atoms with van der Waals surface area (Å²) in [5, 5.41) is 3.50. The van der Waals surface area contributed by atoms with Crippen molar-refractivity contribution < 1.29 is 0 Å². The molecule has 0 fully saturated rings. The second-order valence-corrected chi connectivity index (χ2v) is 7.42. The van der Waals surface area contributed by atoms with Crippen LogP contribution >= 0.6 is 31.9 Å². The first-order valence-corrected chi connectivity index (χ1v) is 7.74. The predicted molar refractivity (Wildman–Crippen MR) is 85.9 cm³/mol. The third-order valence-electron chi connectivity index (χ3n) is 2.60. The first kappa shape index (κ1) is 16.2. The minimum atomic E-state index is 0.193. The molecule has 0 saturated carbocycles. The van der Waals surface area contributed by atoms with Crippen molar-refractivity contribution in [1.29, 1.82) is 0 Å². The fraction of sp³-hybridized carbons (Fsp3) is 0.571. The van der Waals surface area contributed by atoms with Gasteiger partial charge in [0.25, 0.3) is 0 Å². The maximum Gasteiger partial charge on any atom is 0.0242 e. The molecule has 1 aromatic rings. The van der Waals surface area contributed by atoms with Crippen molar-refractivity contribution in [3.8, 4) is 0 Å². The Balaban J connectivity index is 2.42. The zero-order valence-corrected chi connectivity index (χ0v) is 14.7. The highest BCUT2D eigenvalue weighted by molar-refractivity contribution is 9.11. The van der Waals surface area contributed by atoms with E-state index >= 15 is 0 Å². The van der Waals surface area contributed by atoms with Crippen molar-refractivity contribution in [2.45, 2.75) is 32.9 Å². The molecule has 1 rings (SSSR count). The summed E-state index contributed by atoms with van der Waals surface area (Å²) in [5.74, 6) is 0. The Morgan fingerprint density at radius 2 is 1.89 bits per heavy atom. The van der Waals surface area contributed by atoms with E-state index in [0.29, 0.717) is 0 Å². The number of benzene rings is 1. The molecular weight excluding hydrogens is 356 g/mol. The van der Waals surface area contributed by atoms with E-state index in [-0.39, 0.29) is 5.54 Å². The van der Waals surface area contributed by atoms with Gasteiger partial charge in [0.2, 0.25) is 0 Å². The first-order valence-electron chi connectivity index (χ1n) is 6.15. The van der Waals surface area contributed by atoms with Gasteiger partial charge in [-0.2, -0.15) is 0 Å². The largest absolute Gasteiger partial charge is 0.311 e. The summed E-state index contributed by atoms with van der Waals surface area (Å²) >= 11 is 7.08. The molecule has 2 nitrogen and oxygen atoms in total. The van der Waals surface area contributed by atoms with Gasteiger partial charge in [-0.1, -0.05) is 37.9 Å². The fourth-order valence-electron chi connectivity index (χ4n) is 1.64. The number of nitrogens with zero attached hydrogens (tertiary/aromatic N) is 1. The molecule has 0 aliphatic heterocycles. The molecule has 0 aliphatic carbocycles. The van der Waals surface area contributed by atoms with E-state index in [9.17, 15) is 0 Å². The zero-order valence-electron chi connectivity index (χ0n) is 11.6. The number of halogens is 2. The Hall–Kier alpha value is 0.1000. The fourth-order valence-corrected chi connectivity index (χ4v) is 2.81. The van der Waals surface area contributed by atoms with Gasteiger partial charge in [-0.25, -0.2) is 0 Å². The molecule has 0 unspecified atom stereocenters. The Bertz CT molecular complexity index is 386. The second-order valence-electron chi connectivity index (χ2n) is 5.65. The normalized spacial score (nSPS) is 12.2. The number of hydrogen-bond donors (Lipinski definition) is 1. The van der Waals surface area contributed by atoms with Gasteiger partial charge in [0.15, 0.2) is 0 Å². The molecule has 0 saturated heterocycles. The highest BCUT2D eigenvalue weighted by Crippen LogP contribution is 2.22. The van der Waals surface area contributed by atoms with E-state index in [4.69, 9.17) is 0 Å². The summed E-state index contributed by atoms with van der Waals surface area (Å²) in [7, 11) is 2.15. The van der Waals surface area contributed by atoms with Crippen LogP contribution in [-0.2, 0) is 6.54 Å². The van der Waals surface area contributed by atoms with Crippen molar-refractivity contribution in [1.82, 2.24) is 10.2 Å². The monoisotopic (exact) mass is 376 g/mol. The van der Waals surface area contributed by atoms with Crippen LogP contribution in [0.25, 0.3) is 0 Å². The quantitative estimate of drug-likeness (QED) is 0.833. The van der Waals surface area contributed by atoms with Crippen LogP contribution in [0.4, 0.5) is 0 Å². The lowest BCUT2D eigenvalue weighted by Crippen LogP contribution is -2.40. The standard InChI is InChI=1S/C14H22Br2N2/c1-14(2,3)17-7-8-18(4)10-11-5-6-12(15)9-13(11)16/h5-6,9,17H,7-8,10H2,1-4H3. The Labute approximate surface area is 127 Å². The summed E-state index contributed by atoms with van der Waals surface area (Å²) in [6.07, 6.45) is 0. The summed E-state index contributed by atoms with van der Waals surface area (Å²) in [5.41, 5.74) is 1.51. The summed E-state index contributed by atoms with van der Waals surface area (Å²) < 4.78 is 2.27. The summed E-state index contributed by atoms with van der Waals surface area (Å²) in [4.78, 5) is 2.33. The van der Waals surface area contributed by atoms with Crippen molar-refractivity contribution in [2.75, 3.05) is 20.1 Å². The van der Waals surface area contributed by atoms with Gasteiger partial charge in [-0.15, -0.1) is 0 Å². The molecule has 0 aromatic heterocycles. The van der Waals surface area contributed by atoms with Crippen LogP contribution < -0.4 is 5.32 Å². The van der Waals surface area contributed by atoms with Gasteiger partial charge < -0.3 is 10.2 Å². The molecule has 102 valence electrons. The number of likely N-dealkylation sites (N-methyl/N-ethyl adjacent to an activating group) is 1. The number of nitrogens with one attached hydrogen (secondary N) is 1. The van der Waals surface area contributed by atoms with Crippen LogP contribution in [-0.4, -0.2) is 30.6 Å². The topological polar surface area (TPSA) is 15.3 Å². The third-order valence-corrected chi connectivity index (χ3v) is 3.84. The predicted octanol–water partition coefficient (Wildman–Crippen LogP) is 4.03. The van der Waals surface area contributed by atoms with E-state index in [1.165, 1.54) is 5.56 Å². The van der Waals surface area contributed by atoms with Crippen molar-refractivity contribution in [3.05, 3.63) is 32.7 Å². The van der Waals surface area contributed by atoms with Crippen LogP contribution in [0.15, 0.2) is 27.1 Å². The molecule has 1 N–H and O–H groups in total. The molecule has 0 atom stereocenters. The van der Waals surface area contributed by atoms with Crippen molar-refractivity contribution >= 4 is 31.9 Å². The maximum absolute atomic E-state index is 3.60. The molecule has 0 heterocycles. The van der Waals surface area contributed by atoms with E-state index < -0.39 is 0 Å². The SMILES string of the molecule is CN(CCNC(C)(C)C)Cc1ccc(Br)cc1Br. The van der Waals surface area contributed by atoms with Crippen LogP contribution in [0.5, 0.6) is 0 Å². The van der Waals surface area contributed by atoms with Crippen LogP contribution in [0.2, 0.25) is 0 Å². The van der Waals surface area contributed by atoms with E-state index in [0.717, 1.165) is 28.6 Å². The molecule has 0 amide bonds. The number of rotatable bonds is 5. The Morgan fingerprint density at radius 1 is 1.22 bits per heavy atom. The second kappa shape index (κ2) is 7.04. The van der Waals surface area contributed by atoms with Gasteiger partial charge in [-0.3, -0.25) is 0 Å². The molecule has 0 radical (unpaired) electrons. The number of hydrogen-bond acceptors (Lipinski definition) is 2. The lowest BCUT2D eigenvalue weighted by Gasteiger charge is -2.23. The average molecular weight is 378 g/mol. The van der Waals surface area contributed by atoms with Crippen LogP contribution in [0, 0.1) is 0 Å². The van der Waals surface area contributed by atoms with E-state index in [1.807, 2.05) is 0 Å². The molecule has 1 aromatic carbocycles. The Morgan fingerprint density at radius 3 is 2.44 bits per heavy atom. The highest BCUT2D eigenvalue weighted by Gasteiger charge is 2.09. The smallest absolute Gasteiger partial charge is 0.0242 e. The average Bonchev–Trinajstić information content (AvgIpc) is 2.20. The van der Waals surface area contributed by atoms with Crippen molar-refractivity contribution in [2.24, 2.45) is 0 Å². The molecular formula is C14H22Br2N2. The maximum atomic E-state index is 3.60. The van der Waals surface area contributed by atoms with Gasteiger partial charge in [0, 0.05) is 34.1 Å². The lowest BCUT2D eigenvalue weighted by atomic mass is 10.1. The van der Waals surface area contributed by atoms with Crippen molar-refractivity contribution in [3.63, 3.8) is 0 Å². The van der Waals surface area contributed by atoms with Gasteiger partial charge in [0.05, 0.1) is 0 Å². The molecule has 4 heteroatoms. The minimum Gasteiger partial charge on any atom is -0.311 e. The van der Waals surface area contributed by atoms with Gasteiger partial charge in [0.1, 0.15) is 0 Å². The molecule has 0 spiro atoms. The Kier molecular flexibility index (Phi) is 6.31. The molecule has 0 aliphatic rings. The highest BCUT2D eigenvalue weighted by atomic mass is 79.9. The minimum absolute atomic E-state index is 0.193. The van der Waals surface area contributed by atoms with Gasteiger partial charge >= 0.3 is 0 Å². The van der Waals surface area contributed by atoms with Gasteiger partial charge in [-0.05, 0) is 45.5 Å². The lowest BCUT2D eigenvalue weighted by molar-refractivity contribution is 0.303. The third kappa shape index (κ3) is 6.32. The van der Waals surface area contributed by atoms with Crippen LogP contribution in [0.1, 0.15) is 26.3 Å². The zero-order chi connectivity index (χ0) is 13.8. The van der Waals surface area contributed by atoms with Crippen LogP contribution in [0.3, 0.4) is 0 Å². The van der Waals surface area contributed by atoms with E-state index in [1.54, 1.807) is 0 Å². The van der Waals surface area contributed by atoms with E-state index in [2.05, 4.69) is 88.1 Å². The summed E-state index contributed by atoms with van der Waals surface area (Å²) in [6.45, 7) is 9.59.